The van der Waals surface area contributed by atoms with Crippen molar-refractivity contribution in [3.63, 3.8) is 0 Å². The SMILES string of the molecule is Cc1ccc(S(=O)(=O)N2CCS(=O)CC2C(=O)N2CCS[C@H]2C=O)cc1. The molecule has 2 saturated heterocycles. The van der Waals surface area contributed by atoms with E-state index >= 15 is 0 Å². The molecule has 0 aliphatic carbocycles. The number of nitrogens with zero attached hydrogens (tertiary/aromatic N) is 2. The van der Waals surface area contributed by atoms with Crippen LogP contribution in [-0.4, -0.2) is 75.8 Å². The largest absolute Gasteiger partial charge is 0.322 e. The van der Waals surface area contributed by atoms with Crippen LogP contribution in [0, 0.1) is 6.92 Å². The zero-order valence-corrected chi connectivity index (χ0v) is 16.7. The molecule has 0 radical (unpaired) electrons. The lowest BCUT2D eigenvalue weighted by Gasteiger charge is -2.36. The molecule has 0 bridgehead atoms. The second-order valence-electron chi connectivity index (χ2n) is 6.18. The summed E-state index contributed by atoms with van der Waals surface area (Å²) in [7, 11) is -5.16. The summed E-state index contributed by atoms with van der Waals surface area (Å²) < 4.78 is 39.3. The Morgan fingerprint density at radius 1 is 1.27 bits per heavy atom. The fourth-order valence-corrected chi connectivity index (χ4v) is 7.09. The van der Waals surface area contributed by atoms with Gasteiger partial charge in [-0.1, -0.05) is 17.7 Å². The van der Waals surface area contributed by atoms with Crippen molar-refractivity contribution in [3.8, 4) is 0 Å². The number of hydrogen-bond donors (Lipinski definition) is 0. The highest BCUT2D eigenvalue weighted by atomic mass is 32.2. The summed E-state index contributed by atoms with van der Waals surface area (Å²) in [5.41, 5.74) is 0.930. The van der Waals surface area contributed by atoms with Crippen LogP contribution in [0.5, 0.6) is 0 Å². The Hall–Kier alpha value is -1.23. The minimum absolute atomic E-state index is 0.0198. The van der Waals surface area contributed by atoms with Crippen LogP contribution in [0.3, 0.4) is 0 Å². The minimum Gasteiger partial charge on any atom is -0.322 e. The maximum absolute atomic E-state index is 13.1. The maximum atomic E-state index is 13.1. The van der Waals surface area contributed by atoms with Crippen molar-refractivity contribution in [1.29, 1.82) is 0 Å². The van der Waals surface area contributed by atoms with E-state index in [0.29, 0.717) is 18.6 Å². The van der Waals surface area contributed by atoms with Gasteiger partial charge in [0, 0.05) is 41.1 Å². The fourth-order valence-electron chi connectivity index (χ4n) is 3.05. The predicted molar refractivity (Wildman–Crippen MR) is 101 cm³/mol. The molecule has 0 saturated carbocycles. The molecule has 1 aromatic carbocycles. The molecule has 3 rings (SSSR count). The van der Waals surface area contributed by atoms with Crippen LogP contribution in [0.2, 0.25) is 0 Å². The third-order valence-corrected chi connectivity index (χ3v) is 8.84. The van der Waals surface area contributed by atoms with E-state index in [9.17, 15) is 22.2 Å². The molecule has 2 heterocycles. The van der Waals surface area contributed by atoms with E-state index in [-0.39, 0.29) is 22.9 Å². The van der Waals surface area contributed by atoms with Gasteiger partial charge in [0.05, 0.1) is 4.90 Å². The average Bonchev–Trinajstić information content (AvgIpc) is 3.10. The number of rotatable bonds is 4. The highest BCUT2D eigenvalue weighted by Gasteiger charge is 2.43. The van der Waals surface area contributed by atoms with Crippen LogP contribution < -0.4 is 0 Å². The van der Waals surface area contributed by atoms with Gasteiger partial charge in [-0.25, -0.2) is 8.42 Å². The summed E-state index contributed by atoms with van der Waals surface area (Å²) in [5.74, 6) is 0.323. The number of benzene rings is 1. The third kappa shape index (κ3) is 3.73. The number of aryl methyl sites for hydroxylation is 1. The first-order chi connectivity index (χ1) is 12.3. The van der Waals surface area contributed by atoms with Crippen molar-refractivity contribution in [2.75, 3.05) is 30.3 Å². The van der Waals surface area contributed by atoms with Gasteiger partial charge in [-0.05, 0) is 19.1 Å². The van der Waals surface area contributed by atoms with Gasteiger partial charge in [-0.2, -0.15) is 4.31 Å². The van der Waals surface area contributed by atoms with Crippen molar-refractivity contribution < 1.29 is 22.2 Å². The van der Waals surface area contributed by atoms with E-state index in [1.54, 1.807) is 12.1 Å². The highest BCUT2D eigenvalue weighted by molar-refractivity contribution is 8.00. The monoisotopic (exact) mass is 416 g/mol. The number of aldehydes is 1. The van der Waals surface area contributed by atoms with E-state index in [4.69, 9.17) is 0 Å². The minimum atomic E-state index is -3.89. The fraction of sp³-hybridized carbons (Fsp3) is 0.500. The molecule has 2 aliphatic rings. The molecule has 10 heteroatoms. The van der Waals surface area contributed by atoms with Gasteiger partial charge in [0.1, 0.15) is 11.4 Å². The molecule has 7 nitrogen and oxygen atoms in total. The molecule has 2 aliphatic heterocycles. The van der Waals surface area contributed by atoms with Gasteiger partial charge in [0.15, 0.2) is 6.29 Å². The van der Waals surface area contributed by atoms with Crippen LogP contribution in [0.15, 0.2) is 29.2 Å². The molecule has 142 valence electrons. The van der Waals surface area contributed by atoms with E-state index in [2.05, 4.69) is 0 Å². The Labute approximate surface area is 159 Å². The van der Waals surface area contributed by atoms with Crippen molar-refractivity contribution in [1.82, 2.24) is 9.21 Å². The summed E-state index contributed by atoms with van der Waals surface area (Å²) in [6, 6.07) is 5.38. The second kappa shape index (κ2) is 7.79. The van der Waals surface area contributed by atoms with Crippen LogP contribution >= 0.6 is 11.8 Å². The summed E-state index contributed by atoms with van der Waals surface area (Å²) in [4.78, 5) is 25.7. The quantitative estimate of drug-likeness (QED) is 0.652. The lowest BCUT2D eigenvalue weighted by atomic mass is 10.2. The Morgan fingerprint density at radius 3 is 2.62 bits per heavy atom. The number of carbonyl (C=O) groups is 2. The molecular formula is C16H20N2O5S3. The molecule has 26 heavy (non-hydrogen) atoms. The lowest BCUT2D eigenvalue weighted by Crippen LogP contribution is -2.57. The van der Waals surface area contributed by atoms with Crippen molar-refractivity contribution in [3.05, 3.63) is 29.8 Å². The summed E-state index contributed by atoms with van der Waals surface area (Å²) in [5, 5.41) is -0.609. The van der Waals surface area contributed by atoms with Crippen molar-refractivity contribution in [2.24, 2.45) is 0 Å². The molecule has 2 fully saturated rings. The maximum Gasteiger partial charge on any atom is 0.243 e. The zero-order valence-electron chi connectivity index (χ0n) is 14.2. The molecule has 0 spiro atoms. The molecule has 1 aromatic rings. The van der Waals surface area contributed by atoms with Gasteiger partial charge in [-0.3, -0.25) is 9.00 Å². The number of hydrogen-bond acceptors (Lipinski definition) is 6. The highest BCUT2D eigenvalue weighted by Crippen LogP contribution is 2.27. The summed E-state index contributed by atoms with van der Waals surface area (Å²) >= 11 is 1.34. The molecule has 3 atom stereocenters. The normalized spacial score (nSPS) is 27.4. The first kappa shape index (κ1) is 19.5. The Balaban J connectivity index is 1.93. The Kier molecular flexibility index (Phi) is 5.85. The average molecular weight is 417 g/mol. The molecule has 0 N–H and O–H groups in total. The van der Waals surface area contributed by atoms with Gasteiger partial charge in [-0.15, -0.1) is 11.8 Å². The van der Waals surface area contributed by atoms with Gasteiger partial charge >= 0.3 is 0 Å². The number of amides is 1. The van der Waals surface area contributed by atoms with Crippen LogP contribution in [-0.2, 0) is 30.4 Å². The van der Waals surface area contributed by atoms with Crippen LogP contribution in [0.1, 0.15) is 5.56 Å². The topological polar surface area (TPSA) is 91.8 Å². The van der Waals surface area contributed by atoms with E-state index in [1.165, 1.54) is 28.8 Å². The van der Waals surface area contributed by atoms with Gasteiger partial charge < -0.3 is 9.69 Å². The lowest BCUT2D eigenvalue weighted by molar-refractivity contribution is -0.136. The van der Waals surface area contributed by atoms with E-state index in [0.717, 1.165) is 9.87 Å². The molecule has 1 amide bonds. The summed E-state index contributed by atoms with van der Waals surface area (Å²) in [6.07, 6.45) is 0.689. The zero-order chi connectivity index (χ0) is 18.9. The Morgan fingerprint density at radius 2 is 1.96 bits per heavy atom. The summed E-state index contributed by atoms with van der Waals surface area (Å²) in [6.45, 7) is 2.26. The third-order valence-electron chi connectivity index (χ3n) is 4.47. The predicted octanol–water partition coefficient (Wildman–Crippen LogP) is 0.217. The van der Waals surface area contributed by atoms with Gasteiger partial charge in [0.2, 0.25) is 15.9 Å². The number of sulfonamides is 1. The van der Waals surface area contributed by atoms with Gasteiger partial charge in [0.25, 0.3) is 0 Å². The standard InChI is InChI=1S/C16H20N2O5S3/c1-12-2-4-13(5-3-12)26(22,23)18-7-9-25(21)11-14(18)16(20)17-6-8-24-15(17)10-19/h2-5,10,14-15H,6-9,11H2,1H3/t14?,15-,25?/m0/s1. The molecule has 0 aromatic heterocycles. The van der Waals surface area contributed by atoms with Crippen molar-refractivity contribution >= 4 is 44.8 Å². The molecule has 2 unspecified atom stereocenters. The first-order valence-corrected chi connectivity index (χ1v) is 12.1. The molecular weight excluding hydrogens is 396 g/mol. The smallest absolute Gasteiger partial charge is 0.243 e. The van der Waals surface area contributed by atoms with Crippen LogP contribution in [0.4, 0.5) is 0 Å². The first-order valence-electron chi connectivity index (χ1n) is 8.15. The van der Waals surface area contributed by atoms with Crippen molar-refractivity contribution in [2.45, 2.75) is 23.2 Å². The number of thioether (sulfide) groups is 1. The Bertz CT molecular complexity index is 825. The second-order valence-corrected chi connectivity index (χ2v) is 10.9. The van der Waals surface area contributed by atoms with E-state index in [1.807, 2.05) is 6.92 Å². The number of carbonyl (C=O) groups excluding carboxylic acids is 2. The van der Waals surface area contributed by atoms with Crippen LogP contribution in [0.25, 0.3) is 0 Å². The van der Waals surface area contributed by atoms with E-state index < -0.39 is 38.1 Å².